The standard InChI is InChI=1S/C14H22ClN3O/c1-4-5-10-6-11(10)17-12-7-16-18(8-9(2)3)14(19)13(12)15/h7,9-11,17H,4-6,8H2,1-3H3. The van der Waals surface area contributed by atoms with E-state index in [9.17, 15) is 4.79 Å². The maximum atomic E-state index is 12.1. The van der Waals surface area contributed by atoms with E-state index in [1.165, 1.54) is 23.9 Å². The van der Waals surface area contributed by atoms with Crippen LogP contribution in [0.5, 0.6) is 0 Å². The second-order valence-electron chi connectivity index (χ2n) is 5.79. The molecule has 106 valence electrons. The minimum absolute atomic E-state index is 0.201. The zero-order valence-corrected chi connectivity index (χ0v) is 12.6. The van der Waals surface area contributed by atoms with Crippen molar-refractivity contribution in [2.24, 2.45) is 11.8 Å². The van der Waals surface area contributed by atoms with E-state index in [0.29, 0.717) is 24.2 Å². The first kappa shape index (κ1) is 14.4. The highest BCUT2D eigenvalue weighted by Gasteiger charge is 2.36. The van der Waals surface area contributed by atoms with E-state index in [2.05, 4.69) is 17.3 Å². The van der Waals surface area contributed by atoms with Crippen LogP contribution in [0.1, 0.15) is 40.0 Å². The second-order valence-corrected chi connectivity index (χ2v) is 6.17. The maximum Gasteiger partial charge on any atom is 0.287 e. The molecule has 1 fully saturated rings. The third-order valence-corrected chi connectivity index (χ3v) is 3.81. The Kier molecular flexibility index (Phi) is 4.50. The highest BCUT2D eigenvalue weighted by atomic mass is 35.5. The molecule has 1 aliphatic rings. The van der Waals surface area contributed by atoms with Crippen molar-refractivity contribution >= 4 is 17.3 Å². The zero-order chi connectivity index (χ0) is 14.0. The Balaban J connectivity index is 2.07. The summed E-state index contributed by atoms with van der Waals surface area (Å²) >= 11 is 6.14. The average molecular weight is 284 g/mol. The smallest absolute Gasteiger partial charge is 0.287 e. The van der Waals surface area contributed by atoms with Crippen molar-refractivity contribution in [2.75, 3.05) is 5.32 Å². The minimum atomic E-state index is -0.201. The summed E-state index contributed by atoms with van der Waals surface area (Å²) in [4.78, 5) is 12.1. The van der Waals surface area contributed by atoms with Crippen LogP contribution in [0.3, 0.4) is 0 Å². The molecular weight excluding hydrogens is 262 g/mol. The zero-order valence-electron chi connectivity index (χ0n) is 11.8. The average Bonchev–Trinajstić information content (AvgIpc) is 3.07. The van der Waals surface area contributed by atoms with Gasteiger partial charge >= 0.3 is 0 Å². The molecule has 4 nitrogen and oxygen atoms in total. The molecule has 1 saturated carbocycles. The first-order valence-corrected chi connectivity index (χ1v) is 7.42. The van der Waals surface area contributed by atoms with Gasteiger partial charge in [0.25, 0.3) is 5.56 Å². The third kappa shape index (κ3) is 3.50. The molecule has 2 unspecified atom stereocenters. The number of hydrogen-bond donors (Lipinski definition) is 1. The summed E-state index contributed by atoms with van der Waals surface area (Å²) in [6.45, 7) is 6.89. The Hall–Kier alpha value is -1.03. The molecule has 1 heterocycles. The molecule has 0 spiro atoms. The summed E-state index contributed by atoms with van der Waals surface area (Å²) in [6.07, 6.45) is 5.27. The SMILES string of the molecule is CCCC1CC1Nc1cnn(CC(C)C)c(=O)c1Cl. The predicted octanol–water partition coefficient (Wildman–Crippen LogP) is 3.15. The molecule has 0 saturated heterocycles. The van der Waals surface area contributed by atoms with Gasteiger partial charge in [-0.15, -0.1) is 0 Å². The molecule has 5 heteroatoms. The maximum absolute atomic E-state index is 12.1. The molecular formula is C14H22ClN3O. The van der Waals surface area contributed by atoms with Crippen LogP contribution in [0.25, 0.3) is 0 Å². The number of anilines is 1. The van der Waals surface area contributed by atoms with Crippen molar-refractivity contribution in [3.63, 3.8) is 0 Å². The van der Waals surface area contributed by atoms with Gasteiger partial charge in [0.05, 0.1) is 11.9 Å². The molecule has 19 heavy (non-hydrogen) atoms. The van der Waals surface area contributed by atoms with E-state index in [-0.39, 0.29) is 10.6 Å². The first-order valence-electron chi connectivity index (χ1n) is 7.05. The molecule has 0 aromatic carbocycles. The quantitative estimate of drug-likeness (QED) is 0.872. The highest BCUT2D eigenvalue weighted by molar-refractivity contribution is 6.32. The van der Waals surface area contributed by atoms with Crippen LogP contribution in [0, 0.1) is 11.8 Å². The Labute approximate surface area is 119 Å². The minimum Gasteiger partial charge on any atom is -0.379 e. The van der Waals surface area contributed by atoms with Crippen molar-refractivity contribution in [1.82, 2.24) is 9.78 Å². The molecule has 0 bridgehead atoms. The van der Waals surface area contributed by atoms with Crippen molar-refractivity contribution in [1.29, 1.82) is 0 Å². The number of halogens is 1. The Morgan fingerprint density at radius 1 is 1.58 bits per heavy atom. The molecule has 1 aromatic rings. The van der Waals surface area contributed by atoms with E-state index in [1.807, 2.05) is 13.8 Å². The van der Waals surface area contributed by atoms with Gasteiger partial charge in [-0.2, -0.15) is 5.10 Å². The topological polar surface area (TPSA) is 46.9 Å². The van der Waals surface area contributed by atoms with Crippen LogP contribution in [0.15, 0.2) is 11.0 Å². The molecule has 2 atom stereocenters. The van der Waals surface area contributed by atoms with Gasteiger partial charge in [-0.3, -0.25) is 4.79 Å². The molecule has 1 N–H and O–H groups in total. The Bertz CT molecular complexity index is 498. The molecule has 0 aliphatic heterocycles. The second kappa shape index (κ2) is 5.95. The summed E-state index contributed by atoms with van der Waals surface area (Å²) in [6, 6.07) is 0.458. The van der Waals surface area contributed by atoms with E-state index in [4.69, 9.17) is 11.6 Å². The van der Waals surface area contributed by atoms with Crippen LogP contribution in [-0.2, 0) is 6.54 Å². The molecule has 0 radical (unpaired) electrons. The lowest BCUT2D eigenvalue weighted by atomic mass is 10.2. The van der Waals surface area contributed by atoms with E-state index < -0.39 is 0 Å². The summed E-state index contributed by atoms with van der Waals surface area (Å²) < 4.78 is 1.44. The lowest BCUT2D eigenvalue weighted by Gasteiger charge is -2.11. The molecule has 0 amide bonds. The first-order chi connectivity index (χ1) is 9.02. The van der Waals surface area contributed by atoms with Gasteiger partial charge in [-0.25, -0.2) is 4.68 Å². The fourth-order valence-corrected chi connectivity index (χ4v) is 2.56. The predicted molar refractivity (Wildman–Crippen MR) is 78.8 cm³/mol. The van der Waals surface area contributed by atoms with Gasteiger partial charge in [-0.05, 0) is 24.7 Å². The van der Waals surface area contributed by atoms with Crippen molar-refractivity contribution < 1.29 is 0 Å². The fraction of sp³-hybridized carbons (Fsp3) is 0.714. The summed E-state index contributed by atoms with van der Waals surface area (Å²) in [5.74, 6) is 1.09. The van der Waals surface area contributed by atoms with Crippen LogP contribution in [-0.4, -0.2) is 15.8 Å². The van der Waals surface area contributed by atoms with Crippen LogP contribution < -0.4 is 10.9 Å². The van der Waals surface area contributed by atoms with Crippen LogP contribution in [0.2, 0.25) is 5.02 Å². The summed E-state index contributed by atoms with van der Waals surface area (Å²) in [5, 5.41) is 7.78. The lowest BCUT2D eigenvalue weighted by molar-refractivity contribution is 0.464. The van der Waals surface area contributed by atoms with E-state index in [0.717, 1.165) is 5.92 Å². The Morgan fingerprint density at radius 2 is 2.32 bits per heavy atom. The Morgan fingerprint density at radius 3 is 2.95 bits per heavy atom. The van der Waals surface area contributed by atoms with Gasteiger partial charge in [-0.1, -0.05) is 38.8 Å². The number of aromatic nitrogens is 2. The van der Waals surface area contributed by atoms with Crippen molar-refractivity contribution in [3.8, 4) is 0 Å². The monoisotopic (exact) mass is 283 g/mol. The molecule has 2 rings (SSSR count). The van der Waals surface area contributed by atoms with Gasteiger partial charge in [0.1, 0.15) is 5.02 Å². The van der Waals surface area contributed by atoms with Crippen molar-refractivity contribution in [2.45, 2.75) is 52.6 Å². The fourth-order valence-electron chi connectivity index (χ4n) is 2.36. The number of nitrogens with zero attached hydrogens (tertiary/aromatic N) is 2. The summed E-state index contributed by atoms with van der Waals surface area (Å²) in [7, 11) is 0. The lowest BCUT2D eigenvalue weighted by Crippen LogP contribution is -2.26. The number of nitrogens with one attached hydrogen (secondary N) is 1. The summed E-state index contributed by atoms with van der Waals surface area (Å²) in [5.41, 5.74) is 0.475. The largest absolute Gasteiger partial charge is 0.379 e. The van der Waals surface area contributed by atoms with Crippen LogP contribution >= 0.6 is 11.6 Å². The number of hydrogen-bond acceptors (Lipinski definition) is 3. The highest BCUT2D eigenvalue weighted by Crippen LogP contribution is 2.37. The number of rotatable bonds is 6. The van der Waals surface area contributed by atoms with Gasteiger partial charge in [0.2, 0.25) is 0 Å². The molecule has 1 aliphatic carbocycles. The van der Waals surface area contributed by atoms with Gasteiger partial charge in [0, 0.05) is 12.6 Å². The van der Waals surface area contributed by atoms with Gasteiger partial charge in [0.15, 0.2) is 0 Å². The van der Waals surface area contributed by atoms with Crippen LogP contribution in [0.4, 0.5) is 5.69 Å². The van der Waals surface area contributed by atoms with E-state index >= 15 is 0 Å². The van der Waals surface area contributed by atoms with Gasteiger partial charge < -0.3 is 5.32 Å². The third-order valence-electron chi connectivity index (χ3n) is 3.45. The normalized spacial score (nSPS) is 21.7. The van der Waals surface area contributed by atoms with Crippen molar-refractivity contribution in [3.05, 3.63) is 21.6 Å². The molecule has 1 aromatic heterocycles. The van der Waals surface area contributed by atoms with E-state index in [1.54, 1.807) is 6.20 Å².